The van der Waals surface area contributed by atoms with Crippen molar-refractivity contribution < 1.29 is 4.39 Å². The second-order valence-electron chi connectivity index (χ2n) is 5.70. The van der Waals surface area contributed by atoms with E-state index in [1.165, 1.54) is 0 Å². The lowest BCUT2D eigenvalue weighted by Crippen LogP contribution is -2.39. The van der Waals surface area contributed by atoms with Crippen LogP contribution < -0.4 is 5.32 Å². The molecule has 0 aliphatic carbocycles. The summed E-state index contributed by atoms with van der Waals surface area (Å²) in [6.07, 6.45) is 1.88. The van der Waals surface area contributed by atoms with Gasteiger partial charge in [0.2, 0.25) is 0 Å². The van der Waals surface area contributed by atoms with Gasteiger partial charge in [0, 0.05) is 5.54 Å². The molecule has 0 saturated carbocycles. The number of rotatable bonds is 5. The van der Waals surface area contributed by atoms with Gasteiger partial charge in [-0.15, -0.1) is 0 Å². The van der Waals surface area contributed by atoms with Crippen molar-refractivity contribution in [1.82, 2.24) is 5.32 Å². The number of hydrogen-bond donors (Lipinski definition) is 1. The highest BCUT2D eigenvalue weighted by molar-refractivity contribution is 5.17. The van der Waals surface area contributed by atoms with Crippen molar-refractivity contribution in [1.29, 1.82) is 0 Å². The first-order valence-corrected chi connectivity index (χ1v) is 6.41. The first-order chi connectivity index (χ1) is 7.92. The van der Waals surface area contributed by atoms with Crippen molar-refractivity contribution in [3.8, 4) is 0 Å². The van der Waals surface area contributed by atoms with Gasteiger partial charge in [0.05, 0.1) is 0 Å². The summed E-state index contributed by atoms with van der Waals surface area (Å²) < 4.78 is 13.5. The highest BCUT2D eigenvalue weighted by atomic mass is 19.1. The Morgan fingerprint density at radius 1 is 1.24 bits per heavy atom. The van der Waals surface area contributed by atoms with Crippen molar-refractivity contribution in [2.45, 2.75) is 46.1 Å². The molecule has 0 aliphatic heterocycles. The standard InChI is InChI=1S/C15H24FN/c1-5-12(11-17-15(2,3)4)10-13-8-6-7-9-14(13)16/h6-9,12,17H,5,10-11H2,1-4H3. The third kappa shape index (κ3) is 5.31. The summed E-state index contributed by atoms with van der Waals surface area (Å²) in [6.45, 7) is 9.57. The minimum Gasteiger partial charge on any atom is -0.312 e. The van der Waals surface area contributed by atoms with Crippen LogP contribution in [0.4, 0.5) is 4.39 Å². The molecular formula is C15H24FN. The van der Waals surface area contributed by atoms with E-state index < -0.39 is 0 Å². The van der Waals surface area contributed by atoms with E-state index in [0.29, 0.717) is 5.92 Å². The quantitative estimate of drug-likeness (QED) is 0.821. The van der Waals surface area contributed by atoms with Gasteiger partial charge in [0.25, 0.3) is 0 Å². The van der Waals surface area contributed by atoms with Gasteiger partial charge in [-0.05, 0) is 51.3 Å². The zero-order valence-corrected chi connectivity index (χ0v) is 11.4. The molecule has 0 aliphatic rings. The monoisotopic (exact) mass is 237 g/mol. The first-order valence-electron chi connectivity index (χ1n) is 6.41. The fraction of sp³-hybridized carbons (Fsp3) is 0.600. The summed E-state index contributed by atoms with van der Waals surface area (Å²) in [5.41, 5.74) is 0.956. The molecule has 1 unspecified atom stereocenters. The van der Waals surface area contributed by atoms with E-state index in [4.69, 9.17) is 0 Å². The molecule has 0 aromatic heterocycles. The Hall–Kier alpha value is -0.890. The molecule has 17 heavy (non-hydrogen) atoms. The van der Waals surface area contributed by atoms with E-state index >= 15 is 0 Å². The van der Waals surface area contributed by atoms with Gasteiger partial charge in [-0.1, -0.05) is 31.5 Å². The molecule has 0 fully saturated rings. The molecule has 1 N–H and O–H groups in total. The average molecular weight is 237 g/mol. The Morgan fingerprint density at radius 3 is 2.41 bits per heavy atom. The zero-order valence-electron chi connectivity index (χ0n) is 11.4. The smallest absolute Gasteiger partial charge is 0.126 e. The van der Waals surface area contributed by atoms with E-state index in [0.717, 1.165) is 24.9 Å². The Labute approximate surface area is 104 Å². The van der Waals surface area contributed by atoms with Gasteiger partial charge in [0.1, 0.15) is 5.82 Å². The van der Waals surface area contributed by atoms with Gasteiger partial charge in [-0.3, -0.25) is 0 Å². The molecule has 0 radical (unpaired) electrons. The molecule has 2 heteroatoms. The van der Waals surface area contributed by atoms with Gasteiger partial charge in [-0.2, -0.15) is 0 Å². The zero-order chi connectivity index (χ0) is 12.9. The highest BCUT2D eigenvalue weighted by Gasteiger charge is 2.14. The number of halogens is 1. The normalized spacial score (nSPS) is 13.7. The molecule has 1 nitrogen and oxygen atoms in total. The van der Waals surface area contributed by atoms with Crippen LogP contribution in [0.2, 0.25) is 0 Å². The molecule has 1 rings (SSSR count). The van der Waals surface area contributed by atoms with Gasteiger partial charge < -0.3 is 5.32 Å². The minimum atomic E-state index is -0.0818. The molecule has 1 aromatic rings. The topological polar surface area (TPSA) is 12.0 Å². The number of benzene rings is 1. The van der Waals surface area contributed by atoms with Crippen molar-refractivity contribution in [3.05, 3.63) is 35.6 Å². The summed E-state index contributed by atoms with van der Waals surface area (Å²) in [7, 11) is 0. The first kappa shape index (κ1) is 14.2. The second-order valence-corrected chi connectivity index (χ2v) is 5.70. The van der Waals surface area contributed by atoms with Crippen molar-refractivity contribution in [3.63, 3.8) is 0 Å². The molecule has 0 saturated heterocycles. The van der Waals surface area contributed by atoms with Crippen LogP contribution in [0.3, 0.4) is 0 Å². The predicted octanol–water partition coefficient (Wildman–Crippen LogP) is 3.78. The van der Waals surface area contributed by atoms with Crippen LogP contribution >= 0.6 is 0 Å². The van der Waals surface area contributed by atoms with Crippen LogP contribution in [0.25, 0.3) is 0 Å². The van der Waals surface area contributed by atoms with Crippen LogP contribution in [-0.4, -0.2) is 12.1 Å². The SMILES string of the molecule is CCC(CNC(C)(C)C)Cc1ccccc1F. The molecule has 0 bridgehead atoms. The Kier molecular flexibility index (Phi) is 5.13. The maximum Gasteiger partial charge on any atom is 0.126 e. The second kappa shape index (κ2) is 6.15. The predicted molar refractivity (Wildman–Crippen MR) is 71.6 cm³/mol. The summed E-state index contributed by atoms with van der Waals surface area (Å²) in [5, 5.41) is 3.49. The van der Waals surface area contributed by atoms with Gasteiger partial charge in [0.15, 0.2) is 0 Å². The fourth-order valence-corrected chi connectivity index (χ4v) is 1.79. The molecule has 96 valence electrons. The Morgan fingerprint density at radius 2 is 1.88 bits per heavy atom. The van der Waals surface area contributed by atoms with Gasteiger partial charge >= 0.3 is 0 Å². The fourth-order valence-electron chi connectivity index (χ4n) is 1.79. The molecular weight excluding hydrogens is 213 g/mol. The maximum absolute atomic E-state index is 13.5. The highest BCUT2D eigenvalue weighted by Crippen LogP contribution is 2.15. The van der Waals surface area contributed by atoms with Crippen molar-refractivity contribution in [2.24, 2.45) is 5.92 Å². The van der Waals surface area contributed by atoms with Gasteiger partial charge in [-0.25, -0.2) is 4.39 Å². The van der Waals surface area contributed by atoms with E-state index in [2.05, 4.69) is 33.0 Å². The van der Waals surface area contributed by atoms with Crippen LogP contribution in [0.15, 0.2) is 24.3 Å². The third-order valence-electron chi connectivity index (χ3n) is 2.96. The van der Waals surface area contributed by atoms with Crippen LogP contribution in [0.5, 0.6) is 0 Å². The van der Waals surface area contributed by atoms with Crippen LogP contribution in [0, 0.1) is 11.7 Å². The van der Waals surface area contributed by atoms with Crippen LogP contribution in [-0.2, 0) is 6.42 Å². The lowest BCUT2D eigenvalue weighted by Gasteiger charge is -2.25. The number of nitrogens with one attached hydrogen (secondary N) is 1. The van der Waals surface area contributed by atoms with Crippen molar-refractivity contribution in [2.75, 3.05) is 6.54 Å². The maximum atomic E-state index is 13.5. The Balaban J connectivity index is 2.56. The summed E-state index contributed by atoms with van der Waals surface area (Å²) in [6, 6.07) is 7.07. The van der Waals surface area contributed by atoms with E-state index in [1.807, 2.05) is 12.1 Å². The lowest BCUT2D eigenvalue weighted by atomic mass is 9.95. The summed E-state index contributed by atoms with van der Waals surface area (Å²) in [5.74, 6) is 0.410. The van der Waals surface area contributed by atoms with E-state index in [1.54, 1.807) is 12.1 Å². The third-order valence-corrected chi connectivity index (χ3v) is 2.96. The Bertz CT molecular complexity index is 341. The lowest BCUT2D eigenvalue weighted by molar-refractivity contribution is 0.361. The van der Waals surface area contributed by atoms with E-state index in [-0.39, 0.29) is 11.4 Å². The van der Waals surface area contributed by atoms with E-state index in [9.17, 15) is 4.39 Å². The molecule has 1 aromatic carbocycles. The average Bonchev–Trinajstić information content (AvgIpc) is 2.25. The number of hydrogen-bond acceptors (Lipinski definition) is 1. The summed E-state index contributed by atoms with van der Waals surface area (Å²) >= 11 is 0. The minimum absolute atomic E-state index is 0.0818. The summed E-state index contributed by atoms with van der Waals surface area (Å²) in [4.78, 5) is 0. The molecule has 0 heterocycles. The molecule has 0 amide bonds. The van der Waals surface area contributed by atoms with Crippen molar-refractivity contribution >= 4 is 0 Å². The molecule has 0 spiro atoms. The van der Waals surface area contributed by atoms with Crippen LogP contribution in [0.1, 0.15) is 39.7 Å². The largest absolute Gasteiger partial charge is 0.312 e. The molecule has 1 atom stereocenters.